The molecule has 0 saturated heterocycles. The van der Waals surface area contributed by atoms with Crippen molar-refractivity contribution in [2.75, 3.05) is 13.1 Å². The maximum absolute atomic E-state index is 5.22. The first-order chi connectivity index (χ1) is 6.81. The molecule has 1 aliphatic rings. The van der Waals surface area contributed by atoms with Crippen molar-refractivity contribution in [3.05, 3.63) is 11.7 Å². The number of hydrogen-bond donors (Lipinski definition) is 1. The first-order valence-corrected chi connectivity index (χ1v) is 5.35. The van der Waals surface area contributed by atoms with Gasteiger partial charge in [-0.25, -0.2) is 0 Å². The van der Waals surface area contributed by atoms with Gasteiger partial charge >= 0.3 is 0 Å². The van der Waals surface area contributed by atoms with Gasteiger partial charge in [0.1, 0.15) is 0 Å². The molecule has 1 aromatic rings. The van der Waals surface area contributed by atoms with Crippen LogP contribution in [0.3, 0.4) is 0 Å². The monoisotopic (exact) mass is 195 g/mol. The Kier molecular flexibility index (Phi) is 2.82. The van der Waals surface area contributed by atoms with Crippen LogP contribution in [-0.4, -0.2) is 23.2 Å². The molecular formula is C10H17N3O. The summed E-state index contributed by atoms with van der Waals surface area (Å²) in [6, 6.07) is 0. The third kappa shape index (κ3) is 2.12. The van der Waals surface area contributed by atoms with Crippen molar-refractivity contribution in [3.63, 3.8) is 0 Å². The highest BCUT2D eigenvalue weighted by atomic mass is 16.5. The molecule has 1 unspecified atom stereocenters. The lowest BCUT2D eigenvalue weighted by Gasteiger charge is -2.05. The van der Waals surface area contributed by atoms with E-state index in [0.717, 1.165) is 24.8 Å². The normalized spacial score (nSPS) is 18.4. The van der Waals surface area contributed by atoms with Gasteiger partial charge < -0.3 is 9.84 Å². The fourth-order valence-corrected chi connectivity index (χ4v) is 1.40. The van der Waals surface area contributed by atoms with E-state index in [1.165, 1.54) is 12.8 Å². The average molecular weight is 195 g/mol. The Balaban J connectivity index is 1.93. The number of hydrogen-bond acceptors (Lipinski definition) is 4. The average Bonchev–Trinajstić information content (AvgIpc) is 2.93. The van der Waals surface area contributed by atoms with Gasteiger partial charge in [-0.2, -0.15) is 4.98 Å². The summed E-state index contributed by atoms with van der Waals surface area (Å²) in [5.74, 6) is 2.57. The lowest BCUT2D eigenvalue weighted by molar-refractivity contribution is 0.351. The van der Waals surface area contributed by atoms with E-state index >= 15 is 0 Å². The van der Waals surface area contributed by atoms with Crippen LogP contribution in [-0.2, 0) is 0 Å². The third-order valence-corrected chi connectivity index (χ3v) is 2.52. The van der Waals surface area contributed by atoms with E-state index in [-0.39, 0.29) is 0 Å². The molecule has 1 aliphatic carbocycles. The second kappa shape index (κ2) is 4.09. The maximum atomic E-state index is 5.22. The van der Waals surface area contributed by atoms with Gasteiger partial charge in [0.25, 0.3) is 0 Å². The van der Waals surface area contributed by atoms with Gasteiger partial charge in [0, 0.05) is 18.4 Å². The first kappa shape index (κ1) is 9.65. The molecule has 0 bridgehead atoms. The first-order valence-electron chi connectivity index (χ1n) is 5.35. The molecule has 1 fully saturated rings. The quantitative estimate of drug-likeness (QED) is 0.776. The molecule has 1 heterocycles. The van der Waals surface area contributed by atoms with E-state index in [1.54, 1.807) is 0 Å². The Labute approximate surface area is 84.1 Å². The van der Waals surface area contributed by atoms with Crippen LogP contribution in [0, 0.1) is 0 Å². The molecule has 78 valence electrons. The second-order valence-corrected chi connectivity index (χ2v) is 3.97. The molecule has 0 amide bonds. The van der Waals surface area contributed by atoms with E-state index in [0.29, 0.717) is 11.8 Å². The van der Waals surface area contributed by atoms with Gasteiger partial charge in [-0.15, -0.1) is 0 Å². The minimum Gasteiger partial charge on any atom is -0.339 e. The maximum Gasteiger partial charge on any atom is 0.230 e. The predicted octanol–water partition coefficient (Wildman–Crippen LogP) is 1.66. The van der Waals surface area contributed by atoms with Gasteiger partial charge in [-0.3, -0.25) is 0 Å². The highest BCUT2D eigenvalue weighted by Crippen LogP contribution is 2.38. The van der Waals surface area contributed by atoms with Crippen molar-refractivity contribution in [3.8, 4) is 0 Å². The lowest BCUT2D eigenvalue weighted by Crippen LogP contribution is -2.19. The third-order valence-electron chi connectivity index (χ3n) is 2.52. The van der Waals surface area contributed by atoms with Gasteiger partial charge in [-0.05, 0) is 19.4 Å². The molecule has 14 heavy (non-hydrogen) atoms. The highest BCUT2D eigenvalue weighted by Gasteiger charge is 2.29. The largest absolute Gasteiger partial charge is 0.339 e. The molecule has 0 spiro atoms. The fourth-order valence-electron chi connectivity index (χ4n) is 1.40. The van der Waals surface area contributed by atoms with Gasteiger partial charge in [0.2, 0.25) is 5.89 Å². The Hall–Kier alpha value is -0.900. The summed E-state index contributed by atoms with van der Waals surface area (Å²) in [4.78, 5) is 4.41. The summed E-state index contributed by atoms with van der Waals surface area (Å²) in [5.41, 5.74) is 0. The van der Waals surface area contributed by atoms with Crippen molar-refractivity contribution in [2.24, 2.45) is 0 Å². The number of nitrogens with one attached hydrogen (secondary N) is 1. The zero-order valence-corrected chi connectivity index (χ0v) is 8.79. The van der Waals surface area contributed by atoms with Crippen molar-refractivity contribution in [2.45, 2.75) is 38.5 Å². The highest BCUT2D eigenvalue weighted by molar-refractivity contribution is 5.04. The van der Waals surface area contributed by atoms with Gasteiger partial charge in [0.15, 0.2) is 5.82 Å². The van der Waals surface area contributed by atoms with Crippen LogP contribution in [0.2, 0.25) is 0 Å². The number of rotatable bonds is 5. The van der Waals surface area contributed by atoms with Crippen LogP contribution in [0.1, 0.15) is 50.2 Å². The van der Waals surface area contributed by atoms with E-state index < -0.39 is 0 Å². The van der Waals surface area contributed by atoms with E-state index in [1.807, 2.05) is 0 Å². The van der Waals surface area contributed by atoms with E-state index in [9.17, 15) is 0 Å². The van der Waals surface area contributed by atoms with E-state index in [4.69, 9.17) is 4.52 Å². The molecule has 4 nitrogen and oxygen atoms in total. The van der Waals surface area contributed by atoms with Crippen LogP contribution < -0.4 is 5.32 Å². The summed E-state index contributed by atoms with van der Waals surface area (Å²) in [6.45, 7) is 6.08. The molecular weight excluding hydrogens is 178 g/mol. The molecule has 1 atom stereocenters. The van der Waals surface area contributed by atoms with Gasteiger partial charge in [-0.1, -0.05) is 19.0 Å². The molecule has 1 saturated carbocycles. The summed E-state index contributed by atoms with van der Waals surface area (Å²) in [6.07, 6.45) is 2.45. The van der Waals surface area contributed by atoms with Crippen LogP contribution in [0.4, 0.5) is 0 Å². The summed E-state index contributed by atoms with van der Waals surface area (Å²) in [5, 5.41) is 7.27. The molecule has 1 N–H and O–H groups in total. The zero-order chi connectivity index (χ0) is 9.97. The number of aromatic nitrogens is 2. The fraction of sp³-hybridized carbons (Fsp3) is 0.800. The standard InChI is InChI=1S/C10H17N3O/c1-3-11-6-7(2)10-12-9(13-14-10)8-4-5-8/h7-8,11H,3-6H2,1-2H3. The topological polar surface area (TPSA) is 51.0 Å². The summed E-state index contributed by atoms with van der Waals surface area (Å²) < 4.78 is 5.22. The molecule has 4 heteroatoms. The van der Waals surface area contributed by atoms with Crippen LogP contribution in [0.5, 0.6) is 0 Å². The van der Waals surface area contributed by atoms with Crippen molar-refractivity contribution < 1.29 is 4.52 Å². The Morgan fingerprint density at radius 3 is 3.00 bits per heavy atom. The van der Waals surface area contributed by atoms with Crippen LogP contribution in [0.15, 0.2) is 4.52 Å². The minimum absolute atomic E-state index is 0.315. The van der Waals surface area contributed by atoms with Crippen molar-refractivity contribution in [1.29, 1.82) is 0 Å². The molecule has 2 rings (SSSR count). The zero-order valence-electron chi connectivity index (χ0n) is 8.79. The SMILES string of the molecule is CCNCC(C)c1nc(C2CC2)no1. The van der Waals surface area contributed by atoms with Crippen molar-refractivity contribution >= 4 is 0 Å². The summed E-state index contributed by atoms with van der Waals surface area (Å²) in [7, 11) is 0. The van der Waals surface area contributed by atoms with Crippen LogP contribution >= 0.6 is 0 Å². The smallest absolute Gasteiger partial charge is 0.230 e. The second-order valence-electron chi connectivity index (χ2n) is 3.97. The summed E-state index contributed by atoms with van der Waals surface area (Å²) >= 11 is 0. The predicted molar refractivity (Wildman–Crippen MR) is 53.2 cm³/mol. The van der Waals surface area contributed by atoms with E-state index in [2.05, 4.69) is 29.3 Å². The molecule has 0 radical (unpaired) electrons. The van der Waals surface area contributed by atoms with Gasteiger partial charge in [0.05, 0.1) is 0 Å². The number of nitrogens with zero attached hydrogens (tertiary/aromatic N) is 2. The Bertz CT molecular complexity index is 293. The van der Waals surface area contributed by atoms with Crippen molar-refractivity contribution in [1.82, 2.24) is 15.5 Å². The Morgan fingerprint density at radius 1 is 1.57 bits per heavy atom. The Morgan fingerprint density at radius 2 is 2.36 bits per heavy atom. The minimum atomic E-state index is 0.315. The molecule has 0 aliphatic heterocycles. The molecule has 1 aromatic heterocycles. The number of likely N-dealkylation sites (N-methyl/N-ethyl adjacent to an activating group) is 1. The van der Waals surface area contributed by atoms with Crippen LogP contribution in [0.25, 0.3) is 0 Å². The lowest BCUT2D eigenvalue weighted by atomic mass is 10.2. The molecule has 0 aromatic carbocycles.